The molecule has 1 aromatic heterocycles. The summed E-state index contributed by atoms with van der Waals surface area (Å²) in [7, 11) is 2.01. The molecule has 0 amide bonds. The van der Waals surface area contributed by atoms with Gasteiger partial charge >= 0.3 is 0 Å². The van der Waals surface area contributed by atoms with Crippen molar-refractivity contribution < 1.29 is 0 Å². The summed E-state index contributed by atoms with van der Waals surface area (Å²) in [5.74, 6) is 4.37. The van der Waals surface area contributed by atoms with Crippen molar-refractivity contribution in [1.82, 2.24) is 20.1 Å². The first kappa shape index (κ1) is 16.5. The molecule has 0 saturated heterocycles. The lowest BCUT2D eigenvalue weighted by Gasteiger charge is -2.38. The number of nitrogens with one attached hydrogen (secondary N) is 1. The van der Waals surface area contributed by atoms with Crippen molar-refractivity contribution in [2.45, 2.75) is 52.9 Å². The Labute approximate surface area is 129 Å². The Morgan fingerprint density at radius 1 is 1.33 bits per heavy atom. The highest BCUT2D eigenvalue weighted by Crippen LogP contribution is 2.38. The van der Waals surface area contributed by atoms with Gasteiger partial charge in [0.1, 0.15) is 12.2 Å². The Balaban J connectivity index is 1.99. The van der Waals surface area contributed by atoms with Gasteiger partial charge < -0.3 is 5.32 Å². The third-order valence-electron chi connectivity index (χ3n) is 5.21. The molecule has 21 heavy (non-hydrogen) atoms. The summed E-state index contributed by atoms with van der Waals surface area (Å²) in [6.07, 6.45) is 8.09. The van der Waals surface area contributed by atoms with E-state index in [0.29, 0.717) is 0 Å². The molecule has 1 aliphatic carbocycles. The second kappa shape index (κ2) is 7.92. The number of nitrogens with zero attached hydrogens (tertiary/aromatic N) is 3. The number of rotatable bonds is 7. The molecule has 4 heteroatoms. The molecular weight excluding hydrogens is 260 g/mol. The van der Waals surface area contributed by atoms with E-state index in [1.54, 1.807) is 6.33 Å². The Kier molecular flexibility index (Phi) is 6.22. The van der Waals surface area contributed by atoms with Crippen LogP contribution in [0, 0.1) is 23.7 Å². The van der Waals surface area contributed by atoms with E-state index in [1.807, 2.05) is 11.7 Å². The molecule has 1 aromatic rings. The highest BCUT2D eigenvalue weighted by atomic mass is 15.3. The van der Waals surface area contributed by atoms with E-state index >= 15 is 0 Å². The summed E-state index contributed by atoms with van der Waals surface area (Å²) in [4.78, 5) is 4.44. The molecule has 0 aromatic carbocycles. The molecule has 0 aliphatic heterocycles. The Morgan fingerprint density at radius 2 is 2.14 bits per heavy atom. The fourth-order valence-corrected chi connectivity index (χ4v) is 3.69. The van der Waals surface area contributed by atoms with E-state index in [0.717, 1.165) is 42.5 Å². The van der Waals surface area contributed by atoms with Crippen molar-refractivity contribution in [1.29, 1.82) is 0 Å². The van der Waals surface area contributed by atoms with Crippen LogP contribution in [0.1, 0.15) is 52.3 Å². The van der Waals surface area contributed by atoms with Gasteiger partial charge in [0, 0.05) is 13.5 Å². The summed E-state index contributed by atoms with van der Waals surface area (Å²) < 4.78 is 1.94. The second-order valence-corrected chi connectivity index (χ2v) is 7.05. The normalized spacial score (nSPS) is 26.4. The second-order valence-electron chi connectivity index (χ2n) is 7.05. The van der Waals surface area contributed by atoms with Gasteiger partial charge in [-0.2, -0.15) is 5.10 Å². The third kappa shape index (κ3) is 4.53. The van der Waals surface area contributed by atoms with Crippen LogP contribution in [0.15, 0.2) is 6.33 Å². The fourth-order valence-electron chi connectivity index (χ4n) is 3.69. The van der Waals surface area contributed by atoms with Gasteiger partial charge in [-0.3, -0.25) is 4.68 Å². The average molecular weight is 292 g/mol. The van der Waals surface area contributed by atoms with Crippen LogP contribution in [0.4, 0.5) is 0 Å². The van der Waals surface area contributed by atoms with Gasteiger partial charge in [-0.25, -0.2) is 4.98 Å². The molecular formula is C17H32N4. The smallest absolute Gasteiger partial charge is 0.138 e. The SMILES string of the molecule is CCCNCC1CCC(C(C)C)CC1Cc1ncnn1C. The highest BCUT2D eigenvalue weighted by molar-refractivity contribution is 4.92. The first-order valence-electron chi connectivity index (χ1n) is 8.65. The van der Waals surface area contributed by atoms with Crippen molar-refractivity contribution in [3.8, 4) is 0 Å². The van der Waals surface area contributed by atoms with Crippen LogP contribution in [0.2, 0.25) is 0 Å². The lowest BCUT2D eigenvalue weighted by molar-refractivity contribution is 0.142. The lowest BCUT2D eigenvalue weighted by Crippen LogP contribution is -2.36. The molecule has 0 radical (unpaired) electrons. The van der Waals surface area contributed by atoms with E-state index in [9.17, 15) is 0 Å². The molecule has 1 aliphatic rings. The number of hydrogen-bond donors (Lipinski definition) is 1. The maximum absolute atomic E-state index is 4.44. The lowest BCUT2D eigenvalue weighted by atomic mass is 9.69. The van der Waals surface area contributed by atoms with Crippen LogP contribution >= 0.6 is 0 Å². The van der Waals surface area contributed by atoms with Gasteiger partial charge in [-0.15, -0.1) is 0 Å². The number of aromatic nitrogens is 3. The highest BCUT2D eigenvalue weighted by Gasteiger charge is 2.32. The minimum atomic E-state index is 0.749. The zero-order chi connectivity index (χ0) is 15.2. The first-order valence-corrected chi connectivity index (χ1v) is 8.65. The quantitative estimate of drug-likeness (QED) is 0.786. The summed E-state index contributed by atoms with van der Waals surface area (Å²) in [6.45, 7) is 9.29. The van der Waals surface area contributed by atoms with Crippen LogP contribution in [-0.4, -0.2) is 27.9 Å². The van der Waals surface area contributed by atoms with Crippen LogP contribution < -0.4 is 5.32 Å². The minimum absolute atomic E-state index is 0.749. The summed E-state index contributed by atoms with van der Waals surface area (Å²) >= 11 is 0. The largest absolute Gasteiger partial charge is 0.316 e. The van der Waals surface area contributed by atoms with Crippen molar-refractivity contribution in [2.75, 3.05) is 13.1 Å². The Bertz CT molecular complexity index is 413. The summed E-state index contributed by atoms with van der Waals surface area (Å²) in [5.41, 5.74) is 0. The molecule has 2 rings (SSSR count). The van der Waals surface area contributed by atoms with E-state index in [4.69, 9.17) is 0 Å². The topological polar surface area (TPSA) is 42.7 Å². The van der Waals surface area contributed by atoms with Crippen LogP contribution in [0.5, 0.6) is 0 Å². The first-order chi connectivity index (χ1) is 10.1. The molecule has 0 spiro atoms. The minimum Gasteiger partial charge on any atom is -0.316 e. The van der Waals surface area contributed by atoms with Crippen LogP contribution in [0.25, 0.3) is 0 Å². The van der Waals surface area contributed by atoms with Gasteiger partial charge in [0.05, 0.1) is 0 Å². The molecule has 1 heterocycles. The molecule has 1 fully saturated rings. The van der Waals surface area contributed by atoms with E-state index in [1.165, 1.54) is 32.2 Å². The molecule has 1 N–H and O–H groups in total. The molecule has 0 bridgehead atoms. The van der Waals surface area contributed by atoms with Crippen molar-refractivity contribution in [2.24, 2.45) is 30.7 Å². The van der Waals surface area contributed by atoms with E-state index in [2.05, 4.69) is 36.2 Å². The molecule has 3 unspecified atom stereocenters. The van der Waals surface area contributed by atoms with Crippen molar-refractivity contribution in [3.05, 3.63) is 12.2 Å². The van der Waals surface area contributed by atoms with Crippen LogP contribution in [0.3, 0.4) is 0 Å². The van der Waals surface area contributed by atoms with Crippen molar-refractivity contribution in [3.63, 3.8) is 0 Å². The predicted octanol–water partition coefficient (Wildman–Crippen LogP) is 3.05. The van der Waals surface area contributed by atoms with Crippen LogP contribution in [-0.2, 0) is 13.5 Å². The molecule has 3 atom stereocenters. The summed E-state index contributed by atoms with van der Waals surface area (Å²) in [5, 5.41) is 7.86. The van der Waals surface area contributed by atoms with Gasteiger partial charge in [-0.05, 0) is 62.4 Å². The monoisotopic (exact) mass is 292 g/mol. The van der Waals surface area contributed by atoms with E-state index < -0.39 is 0 Å². The van der Waals surface area contributed by atoms with Gasteiger partial charge in [-0.1, -0.05) is 20.8 Å². The maximum Gasteiger partial charge on any atom is 0.138 e. The molecule has 4 nitrogen and oxygen atoms in total. The number of hydrogen-bond acceptors (Lipinski definition) is 3. The standard InChI is InChI=1S/C17H32N4/c1-5-8-18-11-15-7-6-14(13(2)3)9-16(15)10-17-19-12-20-21(17)4/h12-16,18H,5-11H2,1-4H3. The zero-order valence-electron chi connectivity index (χ0n) is 14.2. The van der Waals surface area contributed by atoms with Gasteiger partial charge in [0.2, 0.25) is 0 Å². The van der Waals surface area contributed by atoms with E-state index in [-0.39, 0.29) is 0 Å². The molecule has 120 valence electrons. The number of aryl methyl sites for hydroxylation is 1. The maximum atomic E-state index is 4.44. The predicted molar refractivity (Wildman–Crippen MR) is 87.0 cm³/mol. The van der Waals surface area contributed by atoms with Crippen molar-refractivity contribution >= 4 is 0 Å². The zero-order valence-corrected chi connectivity index (χ0v) is 14.2. The Hall–Kier alpha value is -0.900. The van der Waals surface area contributed by atoms with Gasteiger partial charge in [0.25, 0.3) is 0 Å². The fraction of sp³-hybridized carbons (Fsp3) is 0.882. The average Bonchev–Trinajstić information content (AvgIpc) is 2.86. The molecule has 1 saturated carbocycles. The summed E-state index contributed by atoms with van der Waals surface area (Å²) in [6, 6.07) is 0. The third-order valence-corrected chi connectivity index (χ3v) is 5.21. The Morgan fingerprint density at radius 3 is 2.76 bits per heavy atom. The van der Waals surface area contributed by atoms with Gasteiger partial charge in [0.15, 0.2) is 0 Å².